The van der Waals surface area contributed by atoms with E-state index in [0.717, 1.165) is 22.4 Å². The van der Waals surface area contributed by atoms with Crippen molar-refractivity contribution in [2.24, 2.45) is 10.1 Å². The molecular formula is C30H35N7O4. The molecule has 1 aliphatic rings. The second-order valence-electron chi connectivity index (χ2n) is 9.89. The molecule has 0 saturated carbocycles. The van der Waals surface area contributed by atoms with Gasteiger partial charge in [-0.25, -0.2) is 10.4 Å². The van der Waals surface area contributed by atoms with Crippen LogP contribution in [-0.4, -0.2) is 56.4 Å². The summed E-state index contributed by atoms with van der Waals surface area (Å²) in [5, 5.41) is 12.7. The number of carbonyl (C=O) groups excluding carboxylic acids is 1. The Kier molecular flexibility index (Phi) is 10.2. The third kappa shape index (κ3) is 7.76. The summed E-state index contributed by atoms with van der Waals surface area (Å²) in [6, 6.07) is 22.8. The lowest BCUT2D eigenvalue weighted by Gasteiger charge is -2.24. The number of amides is 1. The van der Waals surface area contributed by atoms with Gasteiger partial charge < -0.3 is 19.5 Å². The highest BCUT2D eigenvalue weighted by molar-refractivity contribution is 6.00. The first-order valence-corrected chi connectivity index (χ1v) is 13.4. The van der Waals surface area contributed by atoms with Crippen LogP contribution in [0.25, 0.3) is 10.4 Å². The molecule has 4 rings (SSSR count). The Hall–Kier alpha value is -4.57. The number of hydrazine groups is 1. The van der Waals surface area contributed by atoms with Crippen molar-refractivity contribution >= 4 is 17.5 Å². The molecule has 1 aliphatic heterocycles. The molecule has 0 bridgehead atoms. The Balaban J connectivity index is 1.54. The van der Waals surface area contributed by atoms with E-state index in [0.29, 0.717) is 36.8 Å². The monoisotopic (exact) mass is 557 g/mol. The molecule has 0 fully saturated rings. The number of rotatable bonds is 14. The molecule has 0 radical (unpaired) electrons. The highest BCUT2D eigenvalue weighted by Gasteiger charge is 2.45. The number of aliphatic hydroxyl groups is 1. The highest BCUT2D eigenvalue weighted by Crippen LogP contribution is 2.29. The van der Waals surface area contributed by atoms with Crippen molar-refractivity contribution in [3.63, 3.8) is 0 Å². The molecule has 1 amide bonds. The van der Waals surface area contributed by atoms with Crippen molar-refractivity contribution in [3.8, 4) is 5.75 Å². The van der Waals surface area contributed by atoms with Crippen molar-refractivity contribution in [1.29, 1.82) is 0 Å². The third-order valence-electron chi connectivity index (χ3n) is 6.71. The number of ether oxygens (including phenoxy) is 2. The molecule has 1 heterocycles. The molecule has 214 valence electrons. The Morgan fingerprint density at radius 2 is 1.85 bits per heavy atom. The number of nitrogens with one attached hydrogen (secondary N) is 2. The van der Waals surface area contributed by atoms with Crippen LogP contribution in [0.4, 0.5) is 5.69 Å². The number of azide groups is 1. The molecule has 3 aromatic rings. The van der Waals surface area contributed by atoms with E-state index in [9.17, 15) is 4.79 Å². The summed E-state index contributed by atoms with van der Waals surface area (Å²) in [6.45, 7) is 1.12. The van der Waals surface area contributed by atoms with Crippen LogP contribution in [0.2, 0.25) is 0 Å². The van der Waals surface area contributed by atoms with Gasteiger partial charge in [-0.3, -0.25) is 10.2 Å². The Bertz CT molecular complexity index is 1390. The van der Waals surface area contributed by atoms with E-state index in [4.69, 9.17) is 25.1 Å². The van der Waals surface area contributed by atoms with Crippen LogP contribution in [-0.2, 0) is 29.0 Å². The van der Waals surface area contributed by atoms with Crippen molar-refractivity contribution in [1.82, 2.24) is 10.9 Å². The fourth-order valence-corrected chi connectivity index (χ4v) is 4.39. The van der Waals surface area contributed by atoms with Crippen LogP contribution in [0.15, 0.2) is 82.9 Å². The average Bonchev–Trinajstić information content (AvgIpc) is 3.42. The maximum Gasteiger partial charge on any atom is 0.266 e. The maximum atomic E-state index is 13.7. The summed E-state index contributed by atoms with van der Waals surface area (Å²) in [5.74, 6) is 0.688. The summed E-state index contributed by atoms with van der Waals surface area (Å²) in [7, 11) is 3.97. The molecule has 0 spiro atoms. The minimum Gasteiger partial charge on any atom is -0.494 e. The van der Waals surface area contributed by atoms with E-state index in [2.05, 4.69) is 20.9 Å². The van der Waals surface area contributed by atoms with Crippen molar-refractivity contribution in [2.75, 3.05) is 38.8 Å². The molecule has 0 aromatic heterocycles. The Morgan fingerprint density at radius 3 is 2.54 bits per heavy atom. The maximum absolute atomic E-state index is 13.7. The number of carbonyl (C=O) groups is 1. The lowest BCUT2D eigenvalue weighted by atomic mass is 9.89. The van der Waals surface area contributed by atoms with Gasteiger partial charge in [-0.2, -0.15) is 0 Å². The van der Waals surface area contributed by atoms with Gasteiger partial charge in [0.2, 0.25) is 5.90 Å². The molecule has 3 N–H and O–H groups in total. The van der Waals surface area contributed by atoms with Crippen LogP contribution < -0.4 is 20.5 Å². The molecule has 11 nitrogen and oxygen atoms in total. The number of anilines is 1. The molecule has 3 aromatic carbocycles. The predicted molar refractivity (Wildman–Crippen MR) is 158 cm³/mol. The van der Waals surface area contributed by atoms with E-state index in [1.165, 1.54) is 0 Å². The molecular weight excluding hydrogens is 522 g/mol. The summed E-state index contributed by atoms with van der Waals surface area (Å²) in [4.78, 5) is 23.5. The number of hydrogen-bond acceptors (Lipinski definition) is 8. The SMILES string of the molecule is CN(C)c1ccc(CNNC(=O)[C@]2(Cc3ccccc3CN=[N+]=[N-])COC(c3ccc(OCCCO)cc3)=N2)cc1. The normalized spacial score (nSPS) is 15.8. The van der Waals surface area contributed by atoms with Gasteiger partial charge in [0, 0.05) is 56.3 Å². The number of aliphatic hydroxyl groups excluding tert-OH is 1. The first-order chi connectivity index (χ1) is 19.9. The number of aliphatic imine (C=N–C) groups is 1. The van der Waals surface area contributed by atoms with Crippen LogP contribution in [0, 0.1) is 0 Å². The first-order valence-electron chi connectivity index (χ1n) is 13.4. The second-order valence-corrected chi connectivity index (χ2v) is 9.89. The summed E-state index contributed by atoms with van der Waals surface area (Å²) >= 11 is 0. The van der Waals surface area contributed by atoms with Gasteiger partial charge in [0.1, 0.15) is 12.4 Å². The summed E-state index contributed by atoms with van der Waals surface area (Å²) in [5.41, 5.74) is 17.9. The number of benzene rings is 3. The zero-order chi connectivity index (χ0) is 29.1. The number of nitrogens with zero attached hydrogens (tertiary/aromatic N) is 5. The number of hydrogen-bond donors (Lipinski definition) is 3. The molecule has 41 heavy (non-hydrogen) atoms. The quantitative estimate of drug-likeness (QED) is 0.0902. The van der Waals surface area contributed by atoms with Crippen LogP contribution >= 0.6 is 0 Å². The van der Waals surface area contributed by atoms with Crippen LogP contribution in [0.1, 0.15) is 28.7 Å². The largest absolute Gasteiger partial charge is 0.494 e. The van der Waals surface area contributed by atoms with E-state index < -0.39 is 5.54 Å². The lowest BCUT2D eigenvalue weighted by molar-refractivity contribution is -0.127. The Morgan fingerprint density at radius 1 is 1.12 bits per heavy atom. The van der Waals surface area contributed by atoms with Gasteiger partial charge in [0.05, 0.1) is 13.2 Å². The summed E-state index contributed by atoms with van der Waals surface area (Å²) in [6.07, 6.45) is 0.798. The van der Waals surface area contributed by atoms with Gasteiger partial charge in [0.25, 0.3) is 5.91 Å². The van der Waals surface area contributed by atoms with Crippen molar-refractivity contribution in [2.45, 2.75) is 31.5 Å². The molecule has 11 heteroatoms. The van der Waals surface area contributed by atoms with Gasteiger partial charge in [-0.1, -0.05) is 41.5 Å². The van der Waals surface area contributed by atoms with Gasteiger partial charge >= 0.3 is 0 Å². The van der Waals surface area contributed by atoms with E-state index >= 15 is 0 Å². The van der Waals surface area contributed by atoms with Crippen molar-refractivity contribution < 1.29 is 19.4 Å². The summed E-state index contributed by atoms with van der Waals surface area (Å²) < 4.78 is 11.6. The van der Waals surface area contributed by atoms with Gasteiger partial charge in [-0.15, -0.1) is 0 Å². The van der Waals surface area contributed by atoms with Crippen LogP contribution in [0.5, 0.6) is 5.75 Å². The van der Waals surface area contributed by atoms with Gasteiger partial charge in [0.15, 0.2) is 5.54 Å². The molecule has 0 aliphatic carbocycles. The van der Waals surface area contributed by atoms with E-state index in [-0.39, 0.29) is 32.1 Å². The standard InChI is InChI=1S/C30H35N7O4/c1-37(2)26-12-8-22(9-13-26)19-32-35-29(39)30(18-24-6-3-4-7-25(24)20-33-36-31)21-41-28(34-30)23-10-14-27(15-11-23)40-17-5-16-38/h3-4,6-15,32,38H,5,16-21H2,1-2H3,(H,35,39)/t30-/m0/s1. The second kappa shape index (κ2) is 14.2. The minimum absolute atomic E-state index is 0.0397. The van der Waals surface area contributed by atoms with Gasteiger partial charge in [-0.05, 0) is 58.6 Å². The fourth-order valence-electron chi connectivity index (χ4n) is 4.39. The average molecular weight is 558 g/mol. The highest BCUT2D eigenvalue weighted by atomic mass is 16.5. The molecule has 1 atom stereocenters. The minimum atomic E-state index is -1.25. The molecule has 0 unspecified atom stereocenters. The van der Waals surface area contributed by atoms with E-state index in [1.807, 2.05) is 79.7 Å². The zero-order valence-corrected chi connectivity index (χ0v) is 23.3. The topological polar surface area (TPSA) is 144 Å². The van der Waals surface area contributed by atoms with E-state index in [1.54, 1.807) is 12.1 Å². The van der Waals surface area contributed by atoms with Crippen LogP contribution in [0.3, 0.4) is 0 Å². The lowest BCUT2D eigenvalue weighted by Crippen LogP contribution is -2.52. The fraction of sp³-hybridized carbons (Fsp3) is 0.333. The van der Waals surface area contributed by atoms with Crippen molar-refractivity contribution in [3.05, 3.63) is 105 Å². The Labute approximate surface area is 239 Å². The zero-order valence-electron chi connectivity index (χ0n) is 23.3. The predicted octanol–water partition coefficient (Wildman–Crippen LogP) is 3.90. The smallest absolute Gasteiger partial charge is 0.266 e. The first kappa shape index (κ1) is 29.4. The molecule has 0 saturated heterocycles. The third-order valence-corrected chi connectivity index (χ3v) is 6.71.